The predicted molar refractivity (Wildman–Crippen MR) is 95.2 cm³/mol. The fourth-order valence-electron chi connectivity index (χ4n) is 3.23. The van der Waals surface area contributed by atoms with Crippen LogP contribution in [0.15, 0.2) is 18.3 Å². The number of carbonyl (C=O) groups excluding carboxylic acids is 1. The summed E-state index contributed by atoms with van der Waals surface area (Å²) in [5.74, 6) is 1.34. The molecule has 132 valence electrons. The molecule has 1 aromatic heterocycles. The number of pyridine rings is 1. The van der Waals surface area contributed by atoms with Crippen molar-refractivity contribution < 1.29 is 9.90 Å². The Morgan fingerprint density at radius 2 is 2.12 bits per heavy atom. The van der Waals surface area contributed by atoms with E-state index in [0.717, 1.165) is 37.4 Å². The molecule has 0 radical (unpaired) electrons. The lowest BCUT2D eigenvalue weighted by molar-refractivity contribution is -0.117. The van der Waals surface area contributed by atoms with Crippen LogP contribution in [-0.2, 0) is 4.79 Å². The summed E-state index contributed by atoms with van der Waals surface area (Å²) in [5, 5.41) is 12.8. The van der Waals surface area contributed by atoms with Crippen molar-refractivity contribution in [1.29, 1.82) is 0 Å². The quantitative estimate of drug-likeness (QED) is 0.796. The molecule has 1 unspecified atom stereocenters. The normalized spacial score (nSPS) is 19.4. The Hall–Kier alpha value is -1.66. The van der Waals surface area contributed by atoms with Crippen LogP contribution in [-0.4, -0.2) is 60.2 Å². The number of carbonyl (C=O) groups is 1. The molecule has 1 aliphatic carbocycles. The fraction of sp³-hybridized carbons (Fsp3) is 0.667. The molecule has 0 bridgehead atoms. The van der Waals surface area contributed by atoms with Crippen molar-refractivity contribution in [2.45, 2.75) is 38.2 Å². The molecule has 1 amide bonds. The van der Waals surface area contributed by atoms with E-state index in [2.05, 4.69) is 15.2 Å². The summed E-state index contributed by atoms with van der Waals surface area (Å²) in [6.45, 7) is 2.95. The Morgan fingerprint density at radius 1 is 1.38 bits per heavy atom. The number of aliphatic hydroxyl groups excluding tert-OH is 1. The van der Waals surface area contributed by atoms with Crippen LogP contribution in [0.2, 0.25) is 0 Å². The maximum absolute atomic E-state index is 12.1. The van der Waals surface area contributed by atoms with Crippen LogP contribution in [0.3, 0.4) is 0 Å². The Morgan fingerprint density at radius 3 is 2.75 bits per heavy atom. The molecule has 0 spiro atoms. The average Bonchev–Trinajstić information content (AvgIpc) is 3.41. The van der Waals surface area contributed by atoms with Gasteiger partial charge in [-0.2, -0.15) is 0 Å². The van der Waals surface area contributed by atoms with E-state index in [9.17, 15) is 9.90 Å². The molecule has 2 fully saturated rings. The average molecular weight is 332 g/mol. The first kappa shape index (κ1) is 17.2. The second-order valence-electron chi connectivity index (χ2n) is 7.10. The zero-order valence-corrected chi connectivity index (χ0v) is 14.4. The van der Waals surface area contributed by atoms with Gasteiger partial charge in [-0.05, 0) is 57.2 Å². The first-order chi connectivity index (χ1) is 11.6. The predicted octanol–water partition coefficient (Wildman–Crippen LogP) is 1.71. The highest BCUT2D eigenvalue weighted by Gasteiger charge is 2.30. The number of amides is 1. The van der Waals surface area contributed by atoms with Crippen LogP contribution < -0.4 is 10.2 Å². The van der Waals surface area contributed by atoms with Crippen molar-refractivity contribution in [2.24, 2.45) is 5.92 Å². The SMILES string of the molecule is CN(CC(=O)Nc1ccc(N2CCCCC2)nc1)CC(O)C1CC1. The number of anilines is 2. The number of piperidine rings is 1. The monoisotopic (exact) mass is 332 g/mol. The highest BCUT2D eigenvalue weighted by molar-refractivity contribution is 5.92. The number of rotatable bonds is 7. The van der Waals surface area contributed by atoms with E-state index in [1.54, 1.807) is 6.20 Å². The summed E-state index contributed by atoms with van der Waals surface area (Å²) in [5.41, 5.74) is 0.719. The van der Waals surface area contributed by atoms with Gasteiger partial charge < -0.3 is 15.3 Å². The molecule has 24 heavy (non-hydrogen) atoms. The number of aromatic nitrogens is 1. The number of likely N-dealkylation sites (N-methyl/N-ethyl adjacent to an activating group) is 1. The minimum atomic E-state index is -0.312. The van der Waals surface area contributed by atoms with E-state index < -0.39 is 0 Å². The third-order valence-electron chi connectivity index (χ3n) is 4.79. The van der Waals surface area contributed by atoms with Crippen molar-refractivity contribution >= 4 is 17.4 Å². The smallest absolute Gasteiger partial charge is 0.238 e. The number of nitrogens with one attached hydrogen (secondary N) is 1. The molecule has 6 nitrogen and oxygen atoms in total. The topological polar surface area (TPSA) is 68.7 Å². The summed E-state index contributed by atoms with van der Waals surface area (Å²) < 4.78 is 0. The molecule has 1 atom stereocenters. The molecule has 1 saturated heterocycles. The Kier molecular flexibility index (Phi) is 5.68. The summed E-state index contributed by atoms with van der Waals surface area (Å²) >= 11 is 0. The van der Waals surface area contributed by atoms with Crippen LogP contribution in [0.5, 0.6) is 0 Å². The van der Waals surface area contributed by atoms with Crippen molar-refractivity contribution in [2.75, 3.05) is 43.4 Å². The van der Waals surface area contributed by atoms with Gasteiger partial charge in [0.2, 0.25) is 5.91 Å². The van der Waals surface area contributed by atoms with Gasteiger partial charge in [-0.1, -0.05) is 0 Å². The van der Waals surface area contributed by atoms with Gasteiger partial charge >= 0.3 is 0 Å². The van der Waals surface area contributed by atoms with Crippen LogP contribution in [0, 0.1) is 5.92 Å². The third-order valence-corrected chi connectivity index (χ3v) is 4.79. The Labute approximate surface area is 143 Å². The molecule has 2 N–H and O–H groups in total. The summed E-state index contributed by atoms with van der Waals surface area (Å²) in [6.07, 6.45) is 7.37. The molecule has 6 heteroatoms. The van der Waals surface area contributed by atoms with E-state index in [1.165, 1.54) is 19.3 Å². The van der Waals surface area contributed by atoms with Crippen molar-refractivity contribution in [3.8, 4) is 0 Å². The first-order valence-electron chi connectivity index (χ1n) is 8.99. The lowest BCUT2D eigenvalue weighted by Crippen LogP contribution is -2.36. The van der Waals surface area contributed by atoms with Gasteiger partial charge in [0.25, 0.3) is 0 Å². The van der Waals surface area contributed by atoms with Crippen LogP contribution >= 0.6 is 0 Å². The van der Waals surface area contributed by atoms with E-state index in [1.807, 2.05) is 24.1 Å². The van der Waals surface area contributed by atoms with Crippen LogP contribution in [0.1, 0.15) is 32.1 Å². The molecule has 1 saturated carbocycles. The maximum atomic E-state index is 12.1. The first-order valence-corrected chi connectivity index (χ1v) is 8.99. The summed E-state index contributed by atoms with van der Waals surface area (Å²) in [6, 6.07) is 3.88. The molecule has 0 aromatic carbocycles. The highest BCUT2D eigenvalue weighted by Crippen LogP contribution is 2.32. The minimum absolute atomic E-state index is 0.0759. The second kappa shape index (κ2) is 7.94. The second-order valence-corrected chi connectivity index (χ2v) is 7.10. The molecular formula is C18H28N4O2. The molecule has 2 aliphatic rings. The van der Waals surface area contributed by atoms with Crippen molar-refractivity contribution in [3.63, 3.8) is 0 Å². The van der Waals surface area contributed by atoms with Gasteiger partial charge in [0.1, 0.15) is 5.82 Å². The summed E-state index contributed by atoms with van der Waals surface area (Å²) in [7, 11) is 1.86. The molecule has 1 aromatic rings. The number of nitrogens with zero attached hydrogens (tertiary/aromatic N) is 3. The lowest BCUT2D eigenvalue weighted by atomic mass is 10.1. The fourth-order valence-corrected chi connectivity index (χ4v) is 3.23. The lowest BCUT2D eigenvalue weighted by Gasteiger charge is -2.27. The van der Waals surface area contributed by atoms with Gasteiger partial charge in [0.15, 0.2) is 0 Å². The van der Waals surface area contributed by atoms with Gasteiger partial charge in [0, 0.05) is 19.6 Å². The van der Waals surface area contributed by atoms with Gasteiger partial charge in [0.05, 0.1) is 24.5 Å². The van der Waals surface area contributed by atoms with E-state index >= 15 is 0 Å². The van der Waals surface area contributed by atoms with E-state index in [0.29, 0.717) is 12.5 Å². The summed E-state index contributed by atoms with van der Waals surface area (Å²) in [4.78, 5) is 20.7. The van der Waals surface area contributed by atoms with Gasteiger partial charge in [-0.3, -0.25) is 9.69 Å². The van der Waals surface area contributed by atoms with Crippen molar-refractivity contribution in [1.82, 2.24) is 9.88 Å². The molecule has 3 rings (SSSR count). The van der Waals surface area contributed by atoms with E-state index in [4.69, 9.17) is 0 Å². The third kappa shape index (κ3) is 4.92. The standard InChI is InChI=1S/C18H28N4O2/c1-21(12-16(23)14-5-6-14)13-18(24)20-15-7-8-17(19-11-15)22-9-3-2-4-10-22/h7-8,11,14,16,23H,2-6,9-10,12-13H2,1H3,(H,20,24). The number of hydrogen-bond donors (Lipinski definition) is 2. The minimum Gasteiger partial charge on any atom is -0.392 e. The Bertz CT molecular complexity index is 538. The zero-order valence-electron chi connectivity index (χ0n) is 14.4. The maximum Gasteiger partial charge on any atom is 0.238 e. The molecule has 2 heterocycles. The van der Waals surface area contributed by atoms with Crippen LogP contribution in [0.4, 0.5) is 11.5 Å². The largest absolute Gasteiger partial charge is 0.392 e. The highest BCUT2D eigenvalue weighted by atomic mass is 16.3. The van der Waals surface area contributed by atoms with Crippen molar-refractivity contribution in [3.05, 3.63) is 18.3 Å². The van der Waals surface area contributed by atoms with Gasteiger partial charge in [-0.25, -0.2) is 4.98 Å². The number of hydrogen-bond acceptors (Lipinski definition) is 5. The Balaban J connectivity index is 1.45. The van der Waals surface area contributed by atoms with Gasteiger partial charge in [-0.15, -0.1) is 0 Å². The van der Waals surface area contributed by atoms with Crippen LogP contribution in [0.25, 0.3) is 0 Å². The molecular weight excluding hydrogens is 304 g/mol. The molecule has 1 aliphatic heterocycles. The number of aliphatic hydroxyl groups is 1. The zero-order chi connectivity index (χ0) is 16.9. The van der Waals surface area contributed by atoms with E-state index in [-0.39, 0.29) is 18.6 Å².